The number of hydrogen-bond acceptors (Lipinski definition) is 16. The number of carbonyl (C=O) groups is 8. The average molecular weight is 1090 g/mol. The summed E-state index contributed by atoms with van der Waals surface area (Å²) < 4.78 is 42.4. The van der Waals surface area contributed by atoms with Crippen molar-refractivity contribution in [3.05, 3.63) is 0 Å². The molecule has 0 aromatic heterocycles. The maximum atomic E-state index is 12.4. The third-order valence-corrected chi connectivity index (χ3v) is 11.3. The van der Waals surface area contributed by atoms with Crippen LogP contribution in [0, 0.1) is 0 Å². The number of amides is 6. The largest absolute Gasteiger partial charge is 0.481 e. The molecule has 0 aliphatic heterocycles. The first-order valence-corrected chi connectivity index (χ1v) is 27.6. The van der Waals surface area contributed by atoms with Gasteiger partial charge in [-0.15, -0.1) is 0 Å². The summed E-state index contributed by atoms with van der Waals surface area (Å²) in [7, 11) is 1.52. The molecule has 76 heavy (non-hydrogen) atoms. The molecular formula is C52H96N6O18. The van der Waals surface area contributed by atoms with Crippen molar-refractivity contribution in [3.8, 4) is 0 Å². The van der Waals surface area contributed by atoms with Gasteiger partial charge in [0, 0.05) is 52.5 Å². The van der Waals surface area contributed by atoms with Crippen LogP contribution in [0.2, 0.25) is 0 Å². The fraction of sp³-hybridized carbons (Fsp3) is 0.846. The van der Waals surface area contributed by atoms with Gasteiger partial charge in [0.05, 0.1) is 79.3 Å². The second-order valence-corrected chi connectivity index (χ2v) is 18.0. The Morgan fingerprint density at radius 3 is 0.934 bits per heavy atom. The van der Waals surface area contributed by atoms with Crippen molar-refractivity contribution in [3.63, 3.8) is 0 Å². The Bertz CT molecular complexity index is 1500. The van der Waals surface area contributed by atoms with Crippen LogP contribution in [0.3, 0.4) is 0 Å². The van der Waals surface area contributed by atoms with E-state index >= 15 is 0 Å². The molecule has 0 aliphatic rings. The molecule has 0 radical (unpaired) electrons. The van der Waals surface area contributed by atoms with Gasteiger partial charge < -0.3 is 80.0 Å². The Balaban J connectivity index is 3.58. The first-order valence-electron chi connectivity index (χ1n) is 27.6. The highest BCUT2D eigenvalue weighted by atomic mass is 16.5. The zero-order valence-electron chi connectivity index (χ0n) is 45.7. The molecule has 24 heteroatoms. The van der Waals surface area contributed by atoms with Crippen LogP contribution in [-0.4, -0.2) is 203 Å². The standard InChI is InChI=1S/C52H96N6O18/c1-53-47(61)40-73-36-32-70-29-25-55-49(63)42-75-38-34-72-31-27-57-50(64)43-76-39-35-71-30-26-56-48(62)41-74-37-33-69-28-24-54-45(59)23-22-44(52(67)68)58-46(60)20-18-16-14-12-10-8-6-4-2-3-5-7-9-11-13-15-17-19-21-51(65)66/h44H,2-43H2,1H3,(H,53,61)(H,54,59)(H,55,63)(H,56,62)(H,57,64)(H,58,60)(H,65,66)(H,67,68)/t44-/m0/s1. The maximum absolute atomic E-state index is 12.4. The Labute approximate surface area is 450 Å². The summed E-state index contributed by atoms with van der Waals surface area (Å²) in [5.41, 5.74) is 0. The van der Waals surface area contributed by atoms with Gasteiger partial charge in [0.15, 0.2) is 0 Å². The van der Waals surface area contributed by atoms with Gasteiger partial charge in [-0.05, 0) is 19.3 Å². The summed E-state index contributed by atoms with van der Waals surface area (Å²) in [6, 6.07) is -1.15. The maximum Gasteiger partial charge on any atom is 0.326 e. The number of hydrogen-bond donors (Lipinski definition) is 8. The molecule has 0 rings (SSSR count). The van der Waals surface area contributed by atoms with Crippen LogP contribution in [0.15, 0.2) is 0 Å². The van der Waals surface area contributed by atoms with Crippen LogP contribution in [0.4, 0.5) is 0 Å². The molecule has 0 saturated heterocycles. The molecule has 0 unspecified atom stereocenters. The summed E-state index contributed by atoms with van der Waals surface area (Å²) in [6.07, 6.45) is 21.0. The first kappa shape index (κ1) is 71.4. The lowest BCUT2D eigenvalue weighted by Crippen LogP contribution is -2.41. The van der Waals surface area contributed by atoms with E-state index in [0.717, 1.165) is 38.5 Å². The molecule has 8 N–H and O–H groups in total. The SMILES string of the molecule is CNC(=O)COCCOCCNC(=O)COCCOCCNC(=O)COCCOCCNC(=O)COCCOCCNC(=O)CC[C@H](NC(=O)CCCCCCCCCCCCCCCCCCCCC(=O)O)C(=O)O. The van der Waals surface area contributed by atoms with Gasteiger partial charge in [0.25, 0.3) is 0 Å². The number of rotatable bonds is 58. The van der Waals surface area contributed by atoms with Crippen molar-refractivity contribution < 1.29 is 86.5 Å². The molecule has 0 aliphatic carbocycles. The molecular weight excluding hydrogens is 997 g/mol. The summed E-state index contributed by atoms with van der Waals surface area (Å²) >= 11 is 0. The third-order valence-electron chi connectivity index (χ3n) is 11.3. The van der Waals surface area contributed by atoms with Crippen molar-refractivity contribution in [2.45, 2.75) is 147 Å². The van der Waals surface area contributed by atoms with Crippen molar-refractivity contribution in [1.82, 2.24) is 31.9 Å². The van der Waals surface area contributed by atoms with E-state index in [9.17, 15) is 43.5 Å². The molecule has 442 valence electrons. The number of unbranched alkanes of at least 4 members (excludes halogenated alkanes) is 17. The smallest absolute Gasteiger partial charge is 0.326 e. The number of carbonyl (C=O) groups excluding carboxylic acids is 6. The predicted octanol–water partition coefficient (Wildman–Crippen LogP) is 2.57. The van der Waals surface area contributed by atoms with E-state index in [1.54, 1.807) is 0 Å². The number of likely N-dealkylation sites (N-methyl/N-ethyl adjacent to an activating group) is 1. The van der Waals surface area contributed by atoms with Gasteiger partial charge in [-0.3, -0.25) is 33.6 Å². The minimum Gasteiger partial charge on any atom is -0.481 e. The molecule has 1 atom stereocenters. The van der Waals surface area contributed by atoms with Crippen LogP contribution < -0.4 is 31.9 Å². The normalized spacial score (nSPS) is 11.4. The van der Waals surface area contributed by atoms with Gasteiger partial charge >= 0.3 is 11.9 Å². The highest BCUT2D eigenvalue weighted by molar-refractivity contribution is 5.84. The molecule has 0 aromatic rings. The number of nitrogens with one attached hydrogen (secondary N) is 6. The number of carboxylic acids is 2. The van der Waals surface area contributed by atoms with Crippen LogP contribution in [0.1, 0.15) is 141 Å². The number of carboxylic acid groups (broad SMARTS) is 2. The van der Waals surface area contributed by atoms with E-state index in [0.29, 0.717) is 26.2 Å². The van der Waals surface area contributed by atoms with E-state index < -0.39 is 18.0 Å². The average Bonchev–Trinajstić information content (AvgIpc) is 3.39. The van der Waals surface area contributed by atoms with Crippen LogP contribution >= 0.6 is 0 Å². The zero-order chi connectivity index (χ0) is 55.8. The van der Waals surface area contributed by atoms with E-state index in [-0.39, 0.29) is 173 Å². The predicted molar refractivity (Wildman–Crippen MR) is 281 cm³/mol. The van der Waals surface area contributed by atoms with Crippen LogP contribution in [-0.2, 0) is 76.3 Å². The third kappa shape index (κ3) is 54.2. The van der Waals surface area contributed by atoms with Crippen molar-refractivity contribution in [2.24, 2.45) is 0 Å². The molecule has 0 spiro atoms. The Hall–Kier alpha value is -4.56. The van der Waals surface area contributed by atoms with E-state index in [1.165, 1.54) is 77.7 Å². The lowest BCUT2D eigenvalue weighted by molar-refractivity contribution is -0.142. The Kier molecular flexibility index (Phi) is 51.9. The summed E-state index contributed by atoms with van der Waals surface area (Å²) in [6.45, 7) is 3.25. The van der Waals surface area contributed by atoms with Crippen LogP contribution in [0.5, 0.6) is 0 Å². The van der Waals surface area contributed by atoms with Gasteiger partial charge in [-0.1, -0.05) is 103 Å². The lowest BCUT2D eigenvalue weighted by atomic mass is 10.0. The van der Waals surface area contributed by atoms with E-state index in [1.807, 2.05) is 0 Å². The Morgan fingerprint density at radius 1 is 0.329 bits per heavy atom. The lowest BCUT2D eigenvalue weighted by Gasteiger charge is -2.14. The zero-order valence-corrected chi connectivity index (χ0v) is 45.7. The van der Waals surface area contributed by atoms with Gasteiger partial charge in [-0.2, -0.15) is 0 Å². The summed E-state index contributed by atoms with van der Waals surface area (Å²) in [4.78, 5) is 93.6. The molecule has 24 nitrogen and oxygen atoms in total. The van der Waals surface area contributed by atoms with E-state index in [4.69, 9.17) is 43.0 Å². The van der Waals surface area contributed by atoms with Gasteiger partial charge in [0.2, 0.25) is 35.4 Å². The number of ether oxygens (including phenoxy) is 8. The van der Waals surface area contributed by atoms with Crippen LogP contribution in [0.25, 0.3) is 0 Å². The fourth-order valence-electron chi connectivity index (χ4n) is 7.09. The van der Waals surface area contributed by atoms with Crippen molar-refractivity contribution in [1.29, 1.82) is 0 Å². The highest BCUT2D eigenvalue weighted by Gasteiger charge is 2.21. The van der Waals surface area contributed by atoms with Gasteiger partial charge in [-0.25, -0.2) is 4.79 Å². The molecule has 0 aromatic carbocycles. The second-order valence-electron chi connectivity index (χ2n) is 18.0. The van der Waals surface area contributed by atoms with Gasteiger partial charge in [0.1, 0.15) is 32.5 Å². The molecule has 0 heterocycles. The number of aliphatic carboxylic acids is 2. The molecule has 0 bridgehead atoms. The second kappa shape index (κ2) is 55.2. The summed E-state index contributed by atoms with van der Waals surface area (Å²) in [5.74, 6) is -3.74. The van der Waals surface area contributed by atoms with E-state index in [2.05, 4.69) is 31.9 Å². The fourth-order valence-corrected chi connectivity index (χ4v) is 7.09. The monoisotopic (exact) mass is 1090 g/mol. The van der Waals surface area contributed by atoms with Crippen molar-refractivity contribution >= 4 is 47.4 Å². The first-order chi connectivity index (χ1) is 36.9. The minimum atomic E-state index is -1.18. The molecule has 6 amide bonds. The minimum absolute atomic E-state index is 0.0312. The Morgan fingerprint density at radius 2 is 0.618 bits per heavy atom. The quantitative estimate of drug-likeness (QED) is 0.0406. The topological polar surface area (TPSA) is 323 Å². The molecule has 0 saturated carbocycles. The molecule has 0 fully saturated rings. The van der Waals surface area contributed by atoms with Crippen molar-refractivity contribution in [2.75, 3.05) is 139 Å². The highest BCUT2D eigenvalue weighted by Crippen LogP contribution is 2.15. The summed E-state index contributed by atoms with van der Waals surface area (Å²) in [5, 5.41) is 33.8.